The zero-order valence-electron chi connectivity index (χ0n) is 17.9. The van der Waals surface area contributed by atoms with Gasteiger partial charge in [0.25, 0.3) is 5.60 Å². The molecule has 188 valence electrons. The molecule has 0 amide bonds. The van der Waals surface area contributed by atoms with Gasteiger partial charge >= 0.3 is 17.9 Å². The fourth-order valence-electron chi connectivity index (χ4n) is 3.20. The number of rotatable bonds is 12. The van der Waals surface area contributed by atoms with Gasteiger partial charge in [-0.1, -0.05) is 0 Å². The molecule has 0 aliphatic heterocycles. The SMILES string of the molecule is COC(COC(Cc1csc(C(=O)O)c1)(C(=O)O)C(=O)O)CC(F)n1cnc2c(N)nc(Cl)nc21. The highest BCUT2D eigenvalue weighted by atomic mass is 35.5. The average molecular weight is 532 g/mol. The van der Waals surface area contributed by atoms with Crippen molar-refractivity contribution in [1.29, 1.82) is 0 Å². The number of aromatic carboxylic acids is 1. The molecule has 2 unspecified atom stereocenters. The Morgan fingerprint density at radius 2 is 1.97 bits per heavy atom. The number of imidazole rings is 1. The second-order valence-corrected chi connectivity index (χ2v) is 8.53. The molecule has 16 heteroatoms. The molecule has 0 saturated carbocycles. The number of nitrogen functional groups attached to an aromatic ring is 1. The van der Waals surface area contributed by atoms with E-state index in [9.17, 15) is 24.6 Å². The van der Waals surface area contributed by atoms with Gasteiger partial charge in [-0.2, -0.15) is 9.97 Å². The number of methoxy groups -OCH3 is 1. The first-order valence-electron chi connectivity index (χ1n) is 9.72. The van der Waals surface area contributed by atoms with E-state index in [0.29, 0.717) is 0 Å². The van der Waals surface area contributed by atoms with Crippen LogP contribution in [0.1, 0.15) is 28.0 Å². The first kappa shape index (κ1) is 26.2. The fraction of sp³-hybridized carbons (Fsp3) is 0.368. The number of carboxylic acids is 3. The van der Waals surface area contributed by atoms with Crippen LogP contribution in [0.25, 0.3) is 11.2 Å². The molecule has 3 aromatic rings. The van der Waals surface area contributed by atoms with Crippen LogP contribution in [-0.2, 0) is 25.5 Å². The van der Waals surface area contributed by atoms with Crippen molar-refractivity contribution in [2.75, 3.05) is 19.5 Å². The van der Waals surface area contributed by atoms with E-state index in [2.05, 4.69) is 15.0 Å². The lowest BCUT2D eigenvalue weighted by Gasteiger charge is -2.27. The van der Waals surface area contributed by atoms with Gasteiger partial charge in [-0.3, -0.25) is 4.57 Å². The number of halogens is 2. The van der Waals surface area contributed by atoms with E-state index in [1.807, 2.05) is 0 Å². The van der Waals surface area contributed by atoms with Crippen LogP contribution in [0.2, 0.25) is 5.28 Å². The maximum atomic E-state index is 15.1. The van der Waals surface area contributed by atoms with Crippen molar-refractivity contribution < 1.29 is 43.6 Å². The molecular weight excluding hydrogens is 513 g/mol. The van der Waals surface area contributed by atoms with Crippen LogP contribution >= 0.6 is 22.9 Å². The highest BCUT2D eigenvalue weighted by Gasteiger charge is 2.49. The third-order valence-electron chi connectivity index (χ3n) is 5.04. The predicted molar refractivity (Wildman–Crippen MR) is 119 cm³/mol. The normalized spacial score (nSPS) is 13.6. The summed E-state index contributed by atoms with van der Waals surface area (Å²) in [6.45, 7) is -0.615. The second kappa shape index (κ2) is 10.5. The van der Waals surface area contributed by atoms with Crippen molar-refractivity contribution in [3.05, 3.63) is 33.5 Å². The molecule has 3 heterocycles. The van der Waals surface area contributed by atoms with E-state index in [0.717, 1.165) is 28.3 Å². The van der Waals surface area contributed by atoms with Gasteiger partial charge in [-0.25, -0.2) is 23.8 Å². The van der Waals surface area contributed by atoms with Crippen LogP contribution in [0.4, 0.5) is 10.2 Å². The summed E-state index contributed by atoms with van der Waals surface area (Å²) in [5, 5.41) is 29.5. The zero-order chi connectivity index (χ0) is 25.9. The zero-order valence-corrected chi connectivity index (χ0v) is 19.5. The minimum Gasteiger partial charge on any atom is -0.479 e. The summed E-state index contributed by atoms with van der Waals surface area (Å²) in [6.07, 6.45) is -2.84. The second-order valence-electron chi connectivity index (χ2n) is 7.28. The average Bonchev–Trinajstić information content (AvgIpc) is 3.42. The number of thiophene rings is 1. The van der Waals surface area contributed by atoms with E-state index >= 15 is 4.39 Å². The number of hydrogen-bond acceptors (Lipinski definition) is 10. The quantitative estimate of drug-likeness (QED) is 0.195. The van der Waals surface area contributed by atoms with Crippen molar-refractivity contribution in [3.8, 4) is 0 Å². The number of hydrogen-bond donors (Lipinski definition) is 4. The number of carbonyl (C=O) groups is 3. The van der Waals surface area contributed by atoms with Crippen molar-refractivity contribution in [1.82, 2.24) is 19.5 Å². The summed E-state index contributed by atoms with van der Waals surface area (Å²) in [6, 6.07) is 1.16. The standard InChI is InChI=1S/C19H19ClFN5O8S/c1-33-9(3-11(21)26-7-23-12-13(22)24-18(20)25-14(12)26)5-34-19(16(29)30,17(31)32)4-8-2-10(15(27)28)35-6-8/h2,6-7,9,11H,3-5H2,1H3,(H,27,28)(H,29,30)(H,31,32)(H2,22,24,25). The van der Waals surface area contributed by atoms with E-state index < -0.39 is 55.4 Å². The highest BCUT2D eigenvalue weighted by molar-refractivity contribution is 7.12. The Morgan fingerprint density at radius 3 is 2.54 bits per heavy atom. The number of nitrogens with two attached hydrogens (primary N) is 1. The lowest BCUT2D eigenvalue weighted by molar-refractivity contribution is -0.188. The van der Waals surface area contributed by atoms with Crippen molar-refractivity contribution >= 4 is 57.8 Å². The Kier molecular flexibility index (Phi) is 7.84. The van der Waals surface area contributed by atoms with Gasteiger partial charge in [0.15, 0.2) is 17.8 Å². The third-order valence-corrected chi connectivity index (χ3v) is 6.17. The number of ether oxygens (including phenoxy) is 2. The van der Waals surface area contributed by atoms with Gasteiger partial charge in [0.05, 0.1) is 19.0 Å². The number of nitrogens with zero attached hydrogens (tertiary/aromatic N) is 4. The van der Waals surface area contributed by atoms with Gasteiger partial charge in [0, 0.05) is 20.0 Å². The number of anilines is 1. The first-order valence-corrected chi connectivity index (χ1v) is 11.0. The van der Waals surface area contributed by atoms with Crippen molar-refractivity contribution in [3.63, 3.8) is 0 Å². The topological polar surface area (TPSA) is 200 Å². The van der Waals surface area contributed by atoms with E-state index in [4.69, 9.17) is 31.9 Å². The number of carboxylic acid groups (broad SMARTS) is 3. The van der Waals surface area contributed by atoms with Gasteiger partial charge in [0.2, 0.25) is 5.28 Å². The molecule has 3 aromatic heterocycles. The minimum absolute atomic E-state index is 0.0166. The van der Waals surface area contributed by atoms with Crippen LogP contribution in [0.15, 0.2) is 17.8 Å². The summed E-state index contributed by atoms with van der Waals surface area (Å²) < 4.78 is 26.6. The van der Waals surface area contributed by atoms with Gasteiger partial charge in [-0.05, 0) is 28.6 Å². The number of aliphatic carboxylic acids is 2. The molecule has 0 saturated heterocycles. The van der Waals surface area contributed by atoms with Crippen LogP contribution in [0.3, 0.4) is 0 Å². The van der Waals surface area contributed by atoms with Crippen LogP contribution < -0.4 is 5.73 Å². The summed E-state index contributed by atoms with van der Waals surface area (Å²) in [5.41, 5.74) is 3.21. The van der Waals surface area contributed by atoms with Crippen molar-refractivity contribution in [2.45, 2.75) is 30.8 Å². The number of aromatic nitrogens is 4. The molecule has 35 heavy (non-hydrogen) atoms. The van der Waals surface area contributed by atoms with Gasteiger partial charge in [-0.15, -0.1) is 11.3 Å². The molecule has 3 rings (SSSR count). The molecule has 0 aromatic carbocycles. The molecule has 0 radical (unpaired) electrons. The molecule has 0 aliphatic carbocycles. The molecule has 0 aliphatic rings. The number of alkyl halides is 1. The van der Waals surface area contributed by atoms with Crippen LogP contribution in [0.5, 0.6) is 0 Å². The highest BCUT2D eigenvalue weighted by Crippen LogP contribution is 2.28. The molecule has 13 nitrogen and oxygen atoms in total. The Bertz CT molecular complexity index is 1250. The molecule has 0 fully saturated rings. The molecule has 0 spiro atoms. The summed E-state index contributed by atoms with van der Waals surface area (Å²) in [4.78, 5) is 46.5. The van der Waals surface area contributed by atoms with Gasteiger partial charge in [0.1, 0.15) is 10.4 Å². The Balaban J connectivity index is 1.78. The molecular formula is C19H19ClFN5O8S. The monoisotopic (exact) mass is 531 g/mol. The van der Waals surface area contributed by atoms with Crippen molar-refractivity contribution in [2.24, 2.45) is 0 Å². The largest absolute Gasteiger partial charge is 0.479 e. The van der Waals surface area contributed by atoms with Crippen LogP contribution in [0, 0.1) is 0 Å². The summed E-state index contributed by atoms with van der Waals surface area (Å²) in [5.74, 6) is -4.93. The van der Waals surface area contributed by atoms with E-state index in [-0.39, 0.29) is 32.7 Å². The molecule has 5 N–H and O–H groups in total. The first-order chi connectivity index (χ1) is 16.5. The van der Waals surface area contributed by atoms with Crippen LogP contribution in [-0.4, -0.2) is 78.2 Å². The summed E-state index contributed by atoms with van der Waals surface area (Å²) in [7, 11) is 1.21. The Labute approximate surface area is 204 Å². The smallest absolute Gasteiger partial charge is 0.348 e. The third kappa shape index (κ3) is 5.48. The Hall–Kier alpha value is -3.40. The Morgan fingerprint density at radius 1 is 1.29 bits per heavy atom. The summed E-state index contributed by atoms with van der Waals surface area (Å²) >= 11 is 6.59. The lowest BCUT2D eigenvalue weighted by Crippen LogP contribution is -2.52. The maximum Gasteiger partial charge on any atom is 0.348 e. The minimum atomic E-state index is -2.77. The molecule has 0 bridgehead atoms. The van der Waals surface area contributed by atoms with Gasteiger partial charge < -0.3 is 30.5 Å². The maximum absolute atomic E-state index is 15.1. The van der Waals surface area contributed by atoms with E-state index in [1.54, 1.807) is 0 Å². The fourth-order valence-corrected chi connectivity index (χ4v) is 4.12. The molecule has 2 atom stereocenters. The number of fused-ring (bicyclic) bond motifs is 1. The predicted octanol–water partition coefficient (Wildman–Crippen LogP) is 1.86. The van der Waals surface area contributed by atoms with E-state index in [1.165, 1.54) is 12.5 Å². The lowest BCUT2D eigenvalue weighted by atomic mass is 9.95.